The Hall–Kier alpha value is -2.29. The van der Waals surface area contributed by atoms with Gasteiger partial charge in [-0.2, -0.15) is 0 Å². The van der Waals surface area contributed by atoms with Crippen LogP contribution >= 0.6 is 0 Å². The molecule has 2 aromatic carbocycles. The van der Waals surface area contributed by atoms with Crippen molar-refractivity contribution in [1.82, 2.24) is 0 Å². The van der Waals surface area contributed by atoms with E-state index in [0.29, 0.717) is 5.56 Å². The molecular weight excluding hydrogens is 238 g/mol. The third-order valence-corrected chi connectivity index (χ3v) is 2.98. The van der Waals surface area contributed by atoms with E-state index in [1.165, 1.54) is 0 Å². The van der Waals surface area contributed by atoms with Gasteiger partial charge in [0.2, 0.25) is 0 Å². The lowest BCUT2D eigenvalue weighted by molar-refractivity contribution is 0.102. The first-order valence-electron chi connectivity index (χ1n) is 6.28. The van der Waals surface area contributed by atoms with Crippen LogP contribution in [0, 0.1) is 0 Å². The van der Waals surface area contributed by atoms with Crippen molar-refractivity contribution in [3.8, 4) is 5.75 Å². The van der Waals surface area contributed by atoms with Crippen molar-refractivity contribution in [3.05, 3.63) is 59.7 Å². The third kappa shape index (κ3) is 2.94. The van der Waals surface area contributed by atoms with Crippen molar-refractivity contribution in [2.75, 3.05) is 12.4 Å². The van der Waals surface area contributed by atoms with Gasteiger partial charge in [-0.1, -0.05) is 31.2 Å². The number of rotatable bonds is 4. The Morgan fingerprint density at radius 2 is 1.84 bits per heavy atom. The van der Waals surface area contributed by atoms with Crippen LogP contribution in [-0.2, 0) is 6.42 Å². The molecule has 0 bridgehead atoms. The number of hydrogen-bond acceptors (Lipinski definition) is 2. The molecule has 0 saturated carbocycles. The zero-order chi connectivity index (χ0) is 13.7. The van der Waals surface area contributed by atoms with Gasteiger partial charge in [0.15, 0.2) is 0 Å². The fourth-order valence-corrected chi connectivity index (χ4v) is 2.05. The highest BCUT2D eigenvalue weighted by Gasteiger charge is 2.14. The topological polar surface area (TPSA) is 38.3 Å². The SMILES string of the molecule is CCc1c(OC)cccc1C(=O)Nc1ccccc1. The first-order valence-corrected chi connectivity index (χ1v) is 6.28. The van der Waals surface area contributed by atoms with E-state index in [2.05, 4.69) is 5.32 Å². The molecule has 0 radical (unpaired) electrons. The van der Waals surface area contributed by atoms with E-state index in [1.807, 2.05) is 55.5 Å². The highest BCUT2D eigenvalue weighted by Crippen LogP contribution is 2.23. The van der Waals surface area contributed by atoms with Crippen LogP contribution in [0.25, 0.3) is 0 Å². The van der Waals surface area contributed by atoms with Crippen LogP contribution in [0.2, 0.25) is 0 Å². The molecule has 2 aromatic rings. The van der Waals surface area contributed by atoms with E-state index >= 15 is 0 Å². The maximum Gasteiger partial charge on any atom is 0.256 e. The molecule has 98 valence electrons. The van der Waals surface area contributed by atoms with Crippen LogP contribution in [0.1, 0.15) is 22.8 Å². The number of nitrogens with one attached hydrogen (secondary N) is 1. The molecule has 0 saturated heterocycles. The minimum Gasteiger partial charge on any atom is -0.496 e. The van der Waals surface area contributed by atoms with E-state index < -0.39 is 0 Å². The number of anilines is 1. The Morgan fingerprint density at radius 3 is 2.47 bits per heavy atom. The molecular formula is C16H17NO2. The minimum atomic E-state index is -0.109. The monoisotopic (exact) mass is 255 g/mol. The second kappa shape index (κ2) is 6.05. The highest BCUT2D eigenvalue weighted by molar-refractivity contribution is 6.05. The lowest BCUT2D eigenvalue weighted by Crippen LogP contribution is -2.14. The average Bonchev–Trinajstić information content (AvgIpc) is 2.47. The van der Waals surface area contributed by atoms with Gasteiger partial charge >= 0.3 is 0 Å². The van der Waals surface area contributed by atoms with E-state index in [0.717, 1.165) is 23.4 Å². The predicted molar refractivity (Wildman–Crippen MR) is 76.8 cm³/mol. The summed E-state index contributed by atoms with van der Waals surface area (Å²) in [6, 6.07) is 14.9. The number of carbonyl (C=O) groups excluding carboxylic acids is 1. The van der Waals surface area contributed by atoms with Crippen molar-refractivity contribution in [2.45, 2.75) is 13.3 Å². The zero-order valence-electron chi connectivity index (χ0n) is 11.1. The summed E-state index contributed by atoms with van der Waals surface area (Å²) in [4.78, 5) is 12.3. The van der Waals surface area contributed by atoms with E-state index in [4.69, 9.17) is 4.74 Å². The summed E-state index contributed by atoms with van der Waals surface area (Å²) in [5.41, 5.74) is 2.38. The molecule has 0 aromatic heterocycles. The summed E-state index contributed by atoms with van der Waals surface area (Å²) in [7, 11) is 1.62. The molecule has 0 aliphatic heterocycles. The normalized spacial score (nSPS) is 10.0. The van der Waals surface area contributed by atoms with Crippen molar-refractivity contribution >= 4 is 11.6 Å². The summed E-state index contributed by atoms with van der Waals surface area (Å²) in [5.74, 6) is 0.644. The van der Waals surface area contributed by atoms with Crippen LogP contribution in [0.4, 0.5) is 5.69 Å². The molecule has 2 rings (SSSR count). The van der Waals surface area contributed by atoms with Gasteiger partial charge in [-0.15, -0.1) is 0 Å². The maximum atomic E-state index is 12.3. The maximum absolute atomic E-state index is 12.3. The van der Waals surface area contributed by atoms with Crippen LogP contribution in [0.15, 0.2) is 48.5 Å². The molecule has 3 heteroatoms. The molecule has 1 N–H and O–H groups in total. The second-order valence-corrected chi connectivity index (χ2v) is 4.16. The van der Waals surface area contributed by atoms with E-state index in [1.54, 1.807) is 7.11 Å². The standard InChI is InChI=1S/C16H17NO2/c1-3-13-14(10-7-11-15(13)19-2)16(18)17-12-8-5-4-6-9-12/h4-11H,3H2,1-2H3,(H,17,18). The summed E-state index contributed by atoms with van der Waals surface area (Å²) < 4.78 is 5.30. The Balaban J connectivity index is 2.29. The van der Waals surface area contributed by atoms with Gasteiger partial charge < -0.3 is 10.1 Å². The van der Waals surface area contributed by atoms with Crippen molar-refractivity contribution in [3.63, 3.8) is 0 Å². The minimum absolute atomic E-state index is 0.109. The molecule has 0 aliphatic rings. The quantitative estimate of drug-likeness (QED) is 0.908. The van der Waals surface area contributed by atoms with Gasteiger partial charge in [0.1, 0.15) is 5.75 Å². The zero-order valence-corrected chi connectivity index (χ0v) is 11.1. The smallest absolute Gasteiger partial charge is 0.256 e. The number of hydrogen-bond donors (Lipinski definition) is 1. The van der Waals surface area contributed by atoms with Gasteiger partial charge in [0.25, 0.3) is 5.91 Å². The molecule has 0 heterocycles. The molecule has 19 heavy (non-hydrogen) atoms. The number of carbonyl (C=O) groups is 1. The van der Waals surface area contributed by atoms with Crippen LogP contribution < -0.4 is 10.1 Å². The summed E-state index contributed by atoms with van der Waals surface area (Å²) in [6.07, 6.45) is 0.752. The van der Waals surface area contributed by atoms with Gasteiger partial charge in [0.05, 0.1) is 7.11 Å². The summed E-state index contributed by atoms with van der Waals surface area (Å²) >= 11 is 0. The first-order chi connectivity index (χ1) is 9.26. The van der Waals surface area contributed by atoms with Gasteiger partial charge in [-0.25, -0.2) is 0 Å². The van der Waals surface area contributed by atoms with Crippen LogP contribution in [0.5, 0.6) is 5.75 Å². The predicted octanol–water partition coefficient (Wildman–Crippen LogP) is 3.51. The van der Waals surface area contributed by atoms with Crippen molar-refractivity contribution < 1.29 is 9.53 Å². The molecule has 0 spiro atoms. The van der Waals surface area contributed by atoms with E-state index in [9.17, 15) is 4.79 Å². The Morgan fingerprint density at radius 1 is 1.11 bits per heavy atom. The number of amides is 1. The Kier molecular flexibility index (Phi) is 4.18. The van der Waals surface area contributed by atoms with E-state index in [-0.39, 0.29) is 5.91 Å². The van der Waals surface area contributed by atoms with Gasteiger partial charge in [0, 0.05) is 16.8 Å². The Labute approximate surface area is 113 Å². The molecule has 0 unspecified atom stereocenters. The first kappa shape index (κ1) is 13.1. The van der Waals surface area contributed by atoms with Crippen LogP contribution in [-0.4, -0.2) is 13.0 Å². The van der Waals surface area contributed by atoms with Gasteiger partial charge in [-0.05, 0) is 30.7 Å². The Bertz CT molecular complexity index is 564. The number of benzene rings is 2. The number of ether oxygens (including phenoxy) is 1. The fraction of sp³-hybridized carbons (Fsp3) is 0.188. The third-order valence-electron chi connectivity index (χ3n) is 2.98. The lowest BCUT2D eigenvalue weighted by Gasteiger charge is -2.12. The summed E-state index contributed by atoms with van der Waals surface area (Å²) in [6.45, 7) is 2.01. The molecule has 0 atom stereocenters. The number of para-hydroxylation sites is 1. The van der Waals surface area contributed by atoms with Crippen LogP contribution in [0.3, 0.4) is 0 Å². The lowest BCUT2D eigenvalue weighted by atomic mass is 10.0. The molecule has 3 nitrogen and oxygen atoms in total. The molecule has 1 amide bonds. The molecule has 0 fully saturated rings. The van der Waals surface area contributed by atoms with Crippen molar-refractivity contribution in [2.24, 2.45) is 0 Å². The van der Waals surface area contributed by atoms with Gasteiger partial charge in [-0.3, -0.25) is 4.79 Å². The van der Waals surface area contributed by atoms with Crippen molar-refractivity contribution in [1.29, 1.82) is 0 Å². The summed E-state index contributed by atoms with van der Waals surface area (Å²) in [5, 5.41) is 2.89. The highest BCUT2D eigenvalue weighted by atomic mass is 16.5. The fourth-order valence-electron chi connectivity index (χ4n) is 2.05. The largest absolute Gasteiger partial charge is 0.496 e. The number of methoxy groups -OCH3 is 1. The second-order valence-electron chi connectivity index (χ2n) is 4.16. The molecule has 0 aliphatic carbocycles. The average molecular weight is 255 g/mol.